The van der Waals surface area contributed by atoms with E-state index < -0.39 is 0 Å². The minimum Gasteiger partial charge on any atom is -0.494 e. The highest BCUT2D eigenvalue weighted by Crippen LogP contribution is 2.55. The molecule has 5 rings (SSSR count). The Morgan fingerprint density at radius 1 is 1.26 bits per heavy atom. The standard InChI is InChI=1S/C22H31FN2O2/c1-14(25(2)13-15-4-5-20(27-3)19(23)9-15)21(26)24-22-10-16-6-17(11-22)8-18(7-16)12-22/h4-5,9,14,16-18H,6-8,10-13H2,1-3H3,(H,24,26)/t14-,16?,17?,18?,22?/m1/s1. The maximum absolute atomic E-state index is 13.9. The molecule has 0 aliphatic heterocycles. The molecule has 4 fully saturated rings. The first kappa shape index (κ1) is 18.7. The number of hydrogen-bond donors (Lipinski definition) is 1. The third-order valence-electron chi connectivity index (χ3n) is 7.12. The number of hydrogen-bond acceptors (Lipinski definition) is 3. The molecule has 0 aromatic heterocycles. The molecule has 1 amide bonds. The highest BCUT2D eigenvalue weighted by molar-refractivity contribution is 5.82. The van der Waals surface area contributed by atoms with Crippen LogP contribution in [0.4, 0.5) is 4.39 Å². The molecule has 1 N–H and O–H groups in total. The van der Waals surface area contributed by atoms with Gasteiger partial charge in [-0.1, -0.05) is 6.07 Å². The van der Waals surface area contributed by atoms with Crippen LogP contribution in [0.5, 0.6) is 5.75 Å². The molecule has 0 radical (unpaired) electrons. The van der Waals surface area contributed by atoms with Gasteiger partial charge in [-0.15, -0.1) is 0 Å². The number of rotatable bonds is 6. The zero-order valence-corrected chi connectivity index (χ0v) is 16.6. The topological polar surface area (TPSA) is 41.6 Å². The summed E-state index contributed by atoms with van der Waals surface area (Å²) in [4.78, 5) is 15.0. The Kier molecular flexibility index (Phi) is 4.91. The summed E-state index contributed by atoms with van der Waals surface area (Å²) in [7, 11) is 3.38. The number of carbonyl (C=O) groups excluding carboxylic acids is 1. The van der Waals surface area contributed by atoms with Gasteiger partial charge in [0.25, 0.3) is 0 Å². The van der Waals surface area contributed by atoms with E-state index in [0.29, 0.717) is 6.54 Å². The van der Waals surface area contributed by atoms with E-state index in [1.54, 1.807) is 6.07 Å². The molecule has 1 aromatic rings. The summed E-state index contributed by atoms with van der Waals surface area (Å²) in [6, 6.07) is 4.72. The van der Waals surface area contributed by atoms with Crippen molar-refractivity contribution in [2.75, 3.05) is 14.2 Å². The smallest absolute Gasteiger partial charge is 0.237 e. The van der Waals surface area contributed by atoms with Gasteiger partial charge in [-0.3, -0.25) is 9.69 Å². The first-order valence-corrected chi connectivity index (χ1v) is 10.2. The van der Waals surface area contributed by atoms with Crippen LogP contribution in [0.2, 0.25) is 0 Å². The summed E-state index contributed by atoms with van der Waals surface area (Å²) in [6.07, 6.45) is 7.58. The number of nitrogens with zero attached hydrogens (tertiary/aromatic N) is 1. The lowest BCUT2D eigenvalue weighted by molar-refractivity contribution is -0.131. The number of nitrogens with one attached hydrogen (secondary N) is 1. The number of likely N-dealkylation sites (N-methyl/N-ethyl adjacent to an activating group) is 1. The van der Waals surface area contributed by atoms with Gasteiger partial charge in [0.2, 0.25) is 5.91 Å². The van der Waals surface area contributed by atoms with Crippen LogP contribution in [0.1, 0.15) is 51.0 Å². The summed E-state index contributed by atoms with van der Waals surface area (Å²) in [5, 5.41) is 3.45. The number of ether oxygens (including phenoxy) is 1. The van der Waals surface area contributed by atoms with E-state index in [1.807, 2.05) is 24.9 Å². The molecule has 4 bridgehead atoms. The van der Waals surface area contributed by atoms with Gasteiger partial charge in [-0.25, -0.2) is 4.39 Å². The van der Waals surface area contributed by atoms with Gasteiger partial charge in [0.1, 0.15) is 0 Å². The number of halogens is 1. The molecular formula is C22H31FN2O2. The van der Waals surface area contributed by atoms with Crippen LogP contribution in [-0.4, -0.2) is 36.5 Å². The Balaban J connectivity index is 1.38. The van der Waals surface area contributed by atoms with Crippen molar-refractivity contribution in [1.82, 2.24) is 10.2 Å². The van der Waals surface area contributed by atoms with Gasteiger partial charge in [0.05, 0.1) is 13.2 Å². The third kappa shape index (κ3) is 3.71. The van der Waals surface area contributed by atoms with Crippen molar-refractivity contribution in [2.24, 2.45) is 17.8 Å². The molecule has 0 saturated heterocycles. The van der Waals surface area contributed by atoms with Crippen molar-refractivity contribution < 1.29 is 13.9 Å². The van der Waals surface area contributed by atoms with E-state index in [9.17, 15) is 9.18 Å². The number of methoxy groups -OCH3 is 1. The third-order valence-corrected chi connectivity index (χ3v) is 7.12. The molecule has 1 aromatic carbocycles. The minimum atomic E-state index is -0.367. The van der Waals surface area contributed by atoms with E-state index in [0.717, 1.165) is 42.6 Å². The minimum absolute atomic E-state index is 0.0349. The number of benzene rings is 1. The molecule has 5 heteroatoms. The largest absolute Gasteiger partial charge is 0.494 e. The summed E-state index contributed by atoms with van der Waals surface area (Å²) in [5.74, 6) is 2.42. The Hall–Kier alpha value is -1.62. The predicted octanol–water partition coefficient (Wildman–Crippen LogP) is 3.74. The second kappa shape index (κ2) is 7.08. The average Bonchev–Trinajstić information content (AvgIpc) is 2.59. The Labute approximate surface area is 161 Å². The molecule has 4 nitrogen and oxygen atoms in total. The van der Waals surface area contributed by atoms with Crippen molar-refractivity contribution in [2.45, 2.75) is 63.6 Å². The van der Waals surface area contributed by atoms with Crippen LogP contribution >= 0.6 is 0 Å². The maximum atomic E-state index is 13.9. The maximum Gasteiger partial charge on any atom is 0.237 e. The Bertz CT molecular complexity index is 685. The lowest BCUT2D eigenvalue weighted by Gasteiger charge is -2.57. The van der Waals surface area contributed by atoms with Crippen LogP contribution in [-0.2, 0) is 11.3 Å². The van der Waals surface area contributed by atoms with Gasteiger partial charge in [-0.05, 0) is 87.9 Å². The van der Waals surface area contributed by atoms with Gasteiger partial charge in [0, 0.05) is 12.1 Å². The van der Waals surface area contributed by atoms with Crippen molar-refractivity contribution in [1.29, 1.82) is 0 Å². The monoisotopic (exact) mass is 374 g/mol. The first-order chi connectivity index (χ1) is 12.9. The zero-order valence-electron chi connectivity index (χ0n) is 16.6. The lowest BCUT2D eigenvalue weighted by Crippen LogP contribution is -2.62. The molecule has 27 heavy (non-hydrogen) atoms. The van der Waals surface area contributed by atoms with E-state index >= 15 is 0 Å². The molecule has 0 unspecified atom stereocenters. The first-order valence-electron chi connectivity index (χ1n) is 10.2. The fourth-order valence-electron chi connectivity index (χ4n) is 6.06. The molecular weight excluding hydrogens is 343 g/mol. The summed E-state index contributed by atoms with van der Waals surface area (Å²) in [5.41, 5.74) is 0.873. The van der Waals surface area contributed by atoms with Crippen molar-refractivity contribution in [3.63, 3.8) is 0 Å². The summed E-state index contributed by atoms with van der Waals surface area (Å²) >= 11 is 0. The molecule has 148 valence electrons. The fourth-order valence-corrected chi connectivity index (χ4v) is 6.06. The van der Waals surface area contributed by atoms with Crippen LogP contribution < -0.4 is 10.1 Å². The quantitative estimate of drug-likeness (QED) is 0.825. The second-order valence-corrected chi connectivity index (χ2v) is 9.25. The molecule has 4 aliphatic carbocycles. The van der Waals surface area contributed by atoms with E-state index in [2.05, 4.69) is 5.32 Å². The molecule has 0 spiro atoms. The SMILES string of the molecule is COc1ccc(CN(C)[C@H](C)C(=O)NC23CC4CC(CC(C4)C2)C3)cc1F. The van der Waals surface area contributed by atoms with Crippen LogP contribution in [0.25, 0.3) is 0 Å². The molecule has 4 saturated carbocycles. The van der Waals surface area contributed by atoms with Crippen LogP contribution in [0.15, 0.2) is 18.2 Å². The fraction of sp³-hybridized carbons (Fsp3) is 0.682. The van der Waals surface area contributed by atoms with Crippen molar-refractivity contribution in [3.8, 4) is 5.75 Å². The average molecular weight is 375 g/mol. The van der Waals surface area contributed by atoms with E-state index in [-0.39, 0.29) is 29.1 Å². The van der Waals surface area contributed by atoms with Gasteiger partial charge >= 0.3 is 0 Å². The molecule has 4 aliphatic rings. The predicted molar refractivity (Wildman–Crippen MR) is 103 cm³/mol. The number of amides is 1. The number of carbonyl (C=O) groups is 1. The van der Waals surface area contributed by atoms with Crippen molar-refractivity contribution in [3.05, 3.63) is 29.6 Å². The highest BCUT2D eigenvalue weighted by atomic mass is 19.1. The van der Waals surface area contributed by atoms with Gasteiger partial charge in [-0.2, -0.15) is 0 Å². The van der Waals surface area contributed by atoms with Gasteiger partial charge in [0.15, 0.2) is 11.6 Å². The molecule has 1 atom stereocenters. The lowest BCUT2D eigenvalue weighted by atomic mass is 9.53. The normalized spacial score (nSPS) is 32.6. The second-order valence-electron chi connectivity index (χ2n) is 9.25. The highest BCUT2D eigenvalue weighted by Gasteiger charge is 2.51. The van der Waals surface area contributed by atoms with Crippen LogP contribution in [0.3, 0.4) is 0 Å². The van der Waals surface area contributed by atoms with E-state index in [4.69, 9.17) is 4.74 Å². The summed E-state index contributed by atoms with van der Waals surface area (Å²) in [6.45, 7) is 2.46. The zero-order chi connectivity index (χ0) is 19.2. The Morgan fingerprint density at radius 3 is 2.37 bits per heavy atom. The Morgan fingerprint density at radius 2 is 1.85 bits per heavy atom. The molecule has 0 heterocycles. The van der Waals surface area contributed by atoms with Crippen LogP contribution in [0, 0.1) is 23.6 Å². The van der Waals surface area contributed by atoms with E-state index in [1.165, 1.54) is 32.4 Å². The van der Waals surface area contributed by atoms with Gasteiger partial charge < -0.3 is 10.1 Å². The van der Waals surface area contributed by atoms with Crippen molar-refractivity contribution >= 4 is 5.91 Å². The summed E-state index contributed by atoms with van der Waals surface area (Å²) < 4.78 is 18.9.